The van der Waals surface area contributed by atoms with Crippen LogP contribution in [0.25, 0.3) is 0 Å². The summed E-state index contributed by atoms with van der Waals surface area (Å²) in [6, 6.07) is 18.2. The van der Waals surface area contributed by atoms with Crippen LogP contribution in [0, 0.1) is 20.2 Å². The van der Waals surface area contributed by atoms with Crippen LogP contribution < -0.4 is 10.5 Å². The maximum absolute atomic E-state index is 13.9. The Hall–Kier alpha value is -5.91. The number of hydrogen-bond acceptors (Lipinski definition) is 11. The van der Waals surface area contributed by atoms with Crippen molar-refractivity contribution in [3.05, 3.63) is 110 Å². The summed E-state index contributed by atoms with van der Waals surface area (Å²) in [5.41, 5.74) is 8.09. The first kappa shape index (κ1) is 37.3. The fraction of sp³-hybridized carbons (Fsp3) is 0.353. The second-order valence-corrected chi connectivity index (χ2v) is 13.2. The number of piperazine rings is 1. The SMILES string of the molecule is COc1ccc(CS[C@H]2C[C@@H](C(=O)N3CCN(C(N)=NC(=O)OCc4ccc([N+](=O)[O-])cc4)CC3)N(C(=O)OCc3ccc([N+](=O)[O-])cc3)C2)cc1. The molecule has 3 aromatic carbocycles. The van der Waals surface area contributed by atoms with Crippen LogP contribution in [-0.4, -0.2) is 99.7 Å². The van der Waals surface area contributed by atoms with E-state index in [1.165, 1.54) is 53.4 Å². The smallest absolute Gasteiger partial charge is 0.437 e. The van der Waals surface area contributed by atoms with Crippen molar-refractivity contribution >= 4 is 47.2 Å². The zero-order valence-corrected chi connectivity index (χ0v) is 29.0. The molecule has 0 saturated carbocycles. The van der Waals surface area contributed by atoms with Gasteiger partial charge < -0.3 is 29.7 Å². The second kappa shape index (κ2) is 17.3. The fourth-order valence-corrected chi connectivity index (χ4v) is 6.86. The van der Waals surface area contributed by atoms with E-state index in [-0.39, 0.29) is 74.4 Å². The van der Waals surface area contributed by atoms with Gasteiger partial charge in [-0.25, -0.2) is 9.59 Å². The lowest BCUT2D eigenvalue weighted by atomic mass is 10.1. The van der Waals surface area contributed by atoms with Gasteiger partial charge in [0, 0.05) is 68.0 Å². The Balaban J connectivity index is 1.17. The predicted octanol–water partition coefficient (Wildman–Crippen LogP) is 4.32. The fourth-order valence-electron chi connectivity index (χ4n) is 5.65. The molecule has 3 aromatic rings. The average Bonchev–Trinajstić information content (AvgIpc) is 3.60. The molecule has 2 aliphatic heterocycles. The van der Waals surface area contributed by atoms with E-state index in [1.807, 2.05) is 24.3 Å². The number of hydrogen-bond donors (Lipinski definition) is 1. The molecule has 2 aliphatic rings. The van der Waals surface area contributed by atoms with Crippen molar-refractivity contribution in [2.45, 2.75) is 36.7 Å². The van der Waals surface area contributed by atoms with Crippen LogP contribution in [0.5, 0.6) is 5.75 Å². The van der Waals surface area contributed by atoms with Gasteiger partial charge in [0.25, 0.3) is 11.4 Å². The van der Waals surface area contributed by atoms with E-state index in [0.29, 0.717) is 23.3 Å². The topological polar surface area (TPSA) is 213 Å². The third-order valence-corrected chi connectivity index (χ3v) is 9.88. The van der Waals surface area contributed by atoms with Crippen molar-refractivity contribution < 1.29 is 38.4 Å². The highest BCUT2D eigenvalue weighted by Gasteiger charge is 2.43. The highest BCUT2D eigenvalue weighted by atomic mass is 32.2. The van der Waals surface area contributed by atoms with Gasteiger partial charge in [-0.2, -0.15) is 11.8 Å². The summed E-state index contributed by atoms with van der Waals surface area (Å²) in [6.45, 7) is 1.11. The summed E-state index contributed by atoms with van der Waals surface area (Å²) >= 11 is 1.64. The monoisotopic (exact) mass is 735 g/mol. The molecule has 17 nitrogen and oxygen atoms in total. The Morgan fingerprint density at radius 1 is 0.808 bits per heavy atom. The lowest BCUT2D eigenvalue weighted by Crippen LogP contribution is -2.56. The van der Waals surface area contributed by atoms with E-state index < -0.39 is 28.1 Å². The maximum atomic E-state index is 13.9. The Morgan fingerprint density at radius 3 is 1.87 bits per heavy atom. The number of thioether (sulfide) groups is 1. The molecule has 0 bridgehead atoms. The zero-order valence-electron chi connectivity index (χ0n) is 28.2. The number of likely N-dealkylation sites (tertiary alicyclic amines) is 1. The van der Waals surface area contributed by atoms with Crippen LogP contribution in [0.2, 0.25) is 0 Å². The van der Waals surface area contributed by atoms with Crippen molar-refractivity contribution in [2.24, 2.45) is 10.7 Å². The minimum absolute atomic E-state index is 0.0518. The molecule has 52 heavy (non-hydrogen) atoms. The maximum Gasteiger partial charge on any atom is 0.437 e. The molecule has 2 N–H and O–H groups in total. The number of nitrogens with zero attached hydrogens (tertiary/aromatic N) is 6. The molecule has 2 heterocycles. The number of aliphatic imine (C=N–C) groups is 1. The molecule has 2 atom stereocenters. The predicted molar refractivity (Wildman–Crippen MR) is 190 cm³/mol. The van der Waals surface area contributed by atoms with Gasteiger partial charge in [0.15, 0.2) is 0 Å². The molecule has 0 aliphatic carbocycles. The lowest BCUT2D eigenvalue weighted by Gasteiger charge is -2.37. The summed E-state index contributed by atoms with van der Waals surface area (Å²) in [6.07, 6.45) is -1.18. The molecule has 274 valence electrons. The molecular formula is C34H37N7O10S. The second-order valence-electron chi connectivity index (χ2n) is 11.9. The number of nitro groups is 2. The Kier molecular flexibility index (Phi) is 12.5. The summed E-state index contributed by atoms with van der Waals surface area (Å²) in [4.78, 5) is 68.9. The standard InChI is InChI=1S/C34H37N7O10S/c1-49-28-12-6-25(7-13-28)22-52-29-18-30(39(19-29)34(44)51-21-24-4-10-27(11-5-24)41(47)48)31(42)37-14-16-38(17-15-37)32(35)36-33(43)50-20-23-2-8-26(9-3-23)40(45)46/h2-13,29-30H,14-22H2,1H3,(H2,35,36,43)/t29-,30-/m0/s1. The number of ether oxygens (including phenoxy) is 3. The first-order chi connectivity index (χ1) is 25.0. The Labute approximate surface area is 302 Å². The molecule has 3 amide bonds. The number of methoxy groups -OCH3 is 1. The Bertz CT molecular complexity index is 1780. The summed E-state index contributed by atoms with van der Waals surface area (Å²) in [5.74, 6) is 1.09. The van der Waals surface area contributed by atoms with Gasteiger partial charge in [0.2, 0.25) is 11.9 Å². The third-order valence-electron chi connectivity index (χ3n) is 8.57. The highest BCUT2D eigenvalue weighted by molar-refractivity contribution is 7.99. The molecule has 18 heteroatoms. The minimum atomic E-state index is -0.929. The highest BCUT2D eigenvalue weighted by Crippen LogP contribution is 2.32. The van der Waals surface area contributed by atoms with Gasteiger partial charge in [-0.3, -0.25) is 29.9 Å². The molecule has 0 unspecified atom stereocenters. The van der Waals surface area contributed by atoms with Crippen LogP contribution in [0.3, 0.4) is 0 Å². The zero-order chi connectivity index (χ0) is 37.2. The van der Waals surface area contributed by atoms with E-state index in [9.17, 15) is 34.6 Å². The number of non-ortho nitro benzene ring substituents is 2. The van der Waals surface area contributed by atoms with Crippen molar-refractivity contribution in [3.8, 4) is 5.75 Å². The van der Waals surface area contributed by atoms with Gasteiger partial charge in [0.1, 0.15) is 25.0 Å². The van der Waals surface area contributed by atoms with Gasteiger partial charge in [-0.15, -0.1) is 4.99 Å². The van der Waals surface area contributed by atoms with Crippen molar-refractivity contribution in [3.63, 3.8) is 0 Å². The number of amides is 3. The van der Waals surface area contributed by atoms with Crippen LogP contribution in [0.15, 0.2) is 77.8 Å². The van der Waals surface area contributed by atoms with Crippen LogP contribution >= 0.6 is 11.8 Å². The van der Waals surface area contributed by atoms with E-state index in [0.717, 1.165) is 11.3 Å². The van der Waals surface area contributed by atoms with E-state index in [1.54, 1.807) is 28.7 Å². The van der Waals surface area contributed by atoms with Crippen LogP contribution in [0.4, 0.5) is 21.0 Å². The van der Waals surface area contributed by atoms with E-state index >= 15 is 0 Å². The average molecular weight is 736 g/mol. The third kappa shape index (κ3) is 9.87. The number of carbonyl (C=O) groups is 3. The van der Waals surface area contributed by atoms with Crippen LogP contribution in [0.1, 0.15) is 23.1 Å². The molecule has 0 aromatic heterocycles. The van der Waals surface area contributed by atoms with Crippen molar-refractivity contribution in [1.29, 1.82) is 0 Å². The molecule has 5 rings (SSSR count). The molecule has 2 saturated heterocycles. The van der Waals surface area contributed by atoms with Gasteiger partial charge in [-0.05, 0) is 59.5 Å². The number of guanidine groups is 1. The van der Waals surface area contributed by atoms with Crippen molar-refractivity contribution in [2.75, 3.05) is 39.8 Å². The summed E-state index contributed by atoms with van der Waals surface area (Å²) in [7, 11) is 1.60. The number of rotatable bonds is 11. The molecule has 2 fully saturated rings. The van der Waals surface area contributed by atoms with E-state index in [4.69, 9.17) is 19.9 Å². The van der Waals surface area contributed by atoms with Gasteiger partial charge in [-0.1, -0.05) is 12.1 Å². The Morgan fingerprint density at radius 2 is 1.33 bits per heavy atom. The van der Waals surface area contributed by atoms with Gasteiger partial charge >= 0.3 is 12.2 Å². The molecular weight excluding hydrogens is 698 g/mol. The lowest BCUT2D eigenvalue weighted by molar-refractivity contribution is -0.385. The minimum Gasteiger partial charge on any atom is -0.497 e. The number of nitrogens with two attached hydrogens (primary N) is 1. The normalized spacial score (nSPS) is 17.4. The summed E-state index contributed by atoms with van der Waals surface area (Å²) < 4.78 is 15.9. The number of nitro benzene ring substituents is 2. The molecule has 0 radical (unpaired) electrons. The molecule has 0 spiro atoms. The summed E-state index contributed by atoms with van der Waals surface area (Å²) in [5, 5.41) is 21.8. The number of carbonyl (C=O) groups excluding carboxylic acids is 3. The first-order valence-corrected chi connectivity index (χ1v) is 17.2. The first-order valence-electron chi connectivity index (χ1n) is 16.2. The van der Waals surface area contributed by atoms with Crippen LogP contribution in [-0.2, 0) is 33.2 Å². The van der Waals surface area contributed by atoms with Crippen molar-refractivity contribution in [1.82, 2.24) is 14.7 Å². The number of benzene rings is 3. The quantitative estimate of drug-likeness (QED) is 0.126. The largest absolute Gasteiger partial charge is 0.497 e. The van der Waals surface area contributed by atoms with E-state index in [2.05, 4.69) is 4.99 Å². The van der Waals surface area contributed by atoms with Gasteiger partial charge in [0.05, 0.1) is 17.0 Å².